The zero-order chi connectivity index (χ0) is 22.2. The smallest absolute Gasteiger partial charge is 0.293 e. The van der Waals surface area contributed by atoms with Crippen molar-refractivity contribution >= 4 is 22.8 Å². The zero-order valence-electron chi connectivity index (χ0n) is 18.8. The third kappa shape index (κ3) is 6.06. The molecule has 0 radical (unpaired) electrons. The van der Waals surface area contributed by atoms with Gasteiger partial charge in [0.05, 0.1) is 11.0 Å². The topological polar surface area (TPSA) is 107 Å². The predicted molar refractivity (Wildman–Crippen MR) is 126 cm³/mol. The summed E-state index contributed by atoms with van der Waals surface area (Å²) in [7, 11) is 0. The van der Waals surface area contributed by atoms with E-state index in [0.717, 1.165) is 43.0 Å². The number of amides is 1. The fourth-order valence-electron chi connectivity index (χ4n) is 4.84. The highest BCUT2D eigenvalue weighted by Crippen LogP contribution is 2.29. The van der Waals surface area contributed by atoms with Crippen LogP contribution in [0.4, 0.5) is 5.82 Å². The number of nitrogens with zero attached hydrogens (tertiary/aromatic N) is 3. The molecule has 4 N–H and O–H groups in total. The average molecular weight is 428 g/mol. The zero-order valence-corrected chi connectivity index (χ0v) is 18.8. The number of primary amides is 1. The molecule has 2 aliphatic rings. The van der Waals surface area contributed by atoms with Crippen LogP contribution in [-0.4, -0.2) is 39.5 Å². The maximum atomic E-state index is 12.7. The van der Waals surface area contributed by atoms with Gasteiger partial charge in [0.15, 0.2) is 5.82 Å². The van der Waals surface area contributed by atoms with E-state index in [1.54, 1.807) is 6.92 Å². The van der Waals surface area contributed by atoms with Gasteiger partial charge in [0.25, 0.3) is 5.56 Å². The van der Waals surface area contributed by atoms with Crippen molar-refractivity contribution in [2.24, 2.45) is 5.73 Å². The molecule has 1 aromatic heterocycles. The second-order valence-corrected chi connectivity index (χ2v) is 8.75. The van der Waals surface area contributed by atoms with Crippen LogP contribution in [0.3, 0.4) is 0 Å². The van der Waals surface area contributed by atoms with Crippen molar-refractivity contribution < 1.29 is 4.79 Å². The van der Waals surface area contributed by atoms with Crippen LogP contribution >= 0.6 is 0 Å². The molecule has 2 aromatic rings. The number of carbonyl (C=O) groups excluding carboxylic acids is 1. The number of anilines is 1. The van der Waals surface area contributed by atoms with Crippen LogP contribution < -0.4 is 17.0 Å². The number of aromatic nitrogens is 2. The van der Waals surface area contributed by atoms with Crippen molar-refractivity contribution in [1.82, 2.24) is 14.5 Å². The van der Waals surface area contributed by atoms with E-state index in [9.17, 15) is 9.59 Å². The van der Waals surface area contributed by atoms with Crippen LogP contribution in [0.2, 0.25) is 0 Å². The van der Waals surface area contributed by atoms with Gasteiger partial charge in [-0.25, -0.2) is 4.98 Å². The van der Waals surface area contributed by atoms with Crippen LogP contribution in [0.1, 0.15) is 77.2 Å². The number of piperidine rings is 1. The van der Waals surface area contributed by atoms with Crippen molar-refractivity contribution in [3.63, 3.8) is 0 Å². The molecule has 0 unspecified atom stereocenters. The molecule has 1 saturated heterocycles. The molecule has 1 aliphatic heterocycles. The summed E-state index contributed by atoms with van der Waals surface area (Å²) in [4.78, 5) is 29.3. The van der Waals surface area contributed by atoms with Crippen molar-refractivity contribution in [1.29, 1.82) is 0 Å². The number of fused-ring (bicyclic) bond motifs is 1. The van der Waals surface area contributed by atoms with Gasteiger partial charge in [0.2, 0.25) is 5.91 Å². The number of rotatable bonds is 3. The number of nitrogens with two attached hydrogens (primary N) is 2. The Morgan fingerprint density at radius 3 is 2.19 bits per heavy atom. The lowest BCUT2D eigenvalue weighted by Gasteiger charge is -2.39. The molecule has 2 heterocycles. The molecule has 170 valence electrons. The van der Waals surface area contributed by atoms with E-state index >= 15 is 0 Å². The summed E-state index contributed by atoms with van der Waals surface area (Å²) in [6.07, 6.45) is 12.1. The highest BCUT2D eigenvalue weighted by Gasteiger charge is 2.27. The number of hydrogen-bond donors (Lipinski definition) is 2. The molecular formula is C24H37N5O2. The molecule has 1 saturated carbocycles. The van der Waals surface area contributed by atoms with Gasteiger partial charge in [-0.3, -0.25) is 9.59 Å². The number of hydrogen-bond acceptors (Lipinski definition) is 5. The van der Waals surface area contributed by atoms with Gasteiger partial charge in [-0.2, -0.15) is 0 Å². The molecule has 31 heavy (non-hydrogen) atoms. The first kappa shape index (κ1) is 23.3. The number of likely N-dealkylation sites (tertiary alicyclic amines) is 1. The van der Waals surface area contributed by atoms with Crippen molar-refractivity contribution in [2.75, 3.05) is 18.8 Å². The quantitative estimate of drug-likeness (QED) is 0.778. The first-order valence-corrected chi connectivity index (χ1v) is 11.8. The number of para-hydroxylation sites is 2. The van der Waals surface area contributed by atoms with E-state index in [4.69, 9.17) is 5.73 Å². The summed E-state index contributed by atoms with van der Waals surface area (Å²) in [6.45, 7) is 3.89. The Kier molecular flexibility index (Phi) is 8.46. The van der Waals surface area contributed by atoms with Crippen molar-refractivity contribution in [2.45, 2.75) is 83.2 Å². The van der Waals surface area contributed by atoms with Gasteiger partial charge in [0, 0.05) is 31.6 Å². The van der Waals surface area contributed by atoms with E-state index in [1.165, 1.54) is 44.9 Å². The van der Waals surface area contributed by atoms with Crippen molar-refractivity contribution in [3.05, 3.63) is 34.6 Å². The SMILES string of the molecule is CCC(N)=O.Nc1nc2ccccc2n(C2CCN(C3CCCCCCC3)CC2)c1=O. The van der Waals surface area contributed by atoms with E-state index < -0.39 is 0 Å². The monoisotopic (exact) mass is 427 g/mol. The highest BCUT2D eigenvalue weighted by atomic mass is 16.1. The molecule has 7 nitrogen and oxygen atoms in total. The van der Waals surface area contributed by atoms with Gasteiger partial charge in [-0.1, -0.05) is 51.2 Å². The molecule has 1 aromatic carbocycles. The normalized spacial score (nSPS) is 19.3. The van der Waals surface area contributed by atoms with E-state index in [0.29, 0.717) is 6.42 Å². The Morgan fingerprint density at radius 2 is 1.58 bits per heavy atom. The number of benzene rings is 1. The van der Waals surface area contributed by atoms with Crippen LogP contribution in [0, 0.1) is 0 Å². The van der Waals surface area contributed by atoms with E-state index in [-0.39, 0.29) is 23.3 Å². The minimum atomic E-state index is -0.245. The van der Waals surface area contributed by atoms with Gasteiger partial charge < -0.3 is 20.9 Å². The van der Waals surface area contributed by atoms with Gasteiger partial charge in [0.1, 0.15) is 0 Å². The Bertz CT molecular complexity index is 910. The second-order valence-electron chi connectivity index (χ2n) is 8.75. The molecule has 2 fully saturated rings. The average Bonchev–Trinajstić information content (AvgIpc) is 2.75. The minimum Gasteiger partial charge on any atom is -0.379 e. The third-order valence-electron chi connectivity index (χ3n) is 6.62. The van der Waals surface area contributed by atoms with Crippen molar-refractivity contribution in [3.8, 4) is 0 Å². The summed E-state index contributed by atoms with van der Waals surface area (Å²) in [5, 5.41) is 0. The second kappa shape index (κ2) is 11.3. The lowest BCUT2D eigenvalue weighted by atomic mass is 9.93. The predicted octanol–water partition coefficient (Wildman–Crippen LogP) is 3.61. The van der Waals surface area contributed by atoms with Crippen LogP contribution in [0.15, 0.2) is 29.1 Å². The molecule has 0 atom stereocenters. The maximum Gasteiger partial charge on any atom is 0.293 e. The first-order valence-electron chi connectivity index (χ1n) is 11.8. The third-order valence-corrected chi connectivity index (χ3v) is 6.62. The van der Waals surface area contributed by atoms with Gasteiger partial charge in [-0.05, 0) is 37.8 Å². The summed E-state index contributed by atoms with van der Waals surface area (Å²) in [6, 6.07) is 8.81. The maximum absolute atomic E-state index is 12.7. The Morgan fingerprint density at radius 1 is 1.00 bits per heavy atom. The fraction of sp³-hybridized carbons (Fsp3) is 0.625. The van der Waals surface area contributed by atoms with Crippen LogP contribution in [-0.2, 0) is 4.79 Å². The van der Waals surface area contributed by atoms with Crippen LogP contribution in [0.5, 0.6) is 0 Å². The van der Waals surface area contributed by atoms with Crippen LogP contribution in [0.25, 0.3) is 11.0 Å². The molecule has 0 bridgehead atoms. The molecule has 1 amide bonds. The number of nitrogen functional groups attached to an aromatic ring is 1. The summed E-state index contributed by atoms with van der Waals surface area (Å²) in [5.74, 6) is -0.129. The minimum absolute atomic E-state index is 0.117. The number of carbonyl (C=O) groups is 1. The van der Waals surface area contributed by atoms with E-state index in [1.807, 2.05) is 28.8 Å². The fourth-order valence-corrected chi connectivity index (χ4v) is 4.84. The molecule has 7 heteroatoms. The molecule has 4 rings (SSSR count). The standard InChI is InChI=1S/C21H30N4O.C3H7NO/c22-20-21(26)25(19-11-7-6-10-18(19)23-20)17-12-14-24(15-13-17)16-8-4-2-1-3-5-9-16;1-2-3(4)5/h6-7,10-11,16-17H,1-5,8-9,12-15H2,(H2,22,23);2H2,1H3,(H2,4,5). The summed E-state index contributed by atoms with van der Waals surface area (Å²) in [5.41, 5.74) is 12.2. The highest BCUT2D eigenvalue weighted by molar-refractivity contribution is 5.76. The van der Waals surface area contributed by atoms with Gasteiger partial charge in [-0.15, -0.1) is 0 Å². The largest absolute Gasteiger partial charge is 0.379 e. The lowest BCUT2D eigenvalue weighted by molar-refractivity contribution is -0.117. The Hall–Kier alpha value is -2.41. The Balaban J connectivity index is 0.000000491. The molecular weight excluding hydrogens is 390 g/mol. The summed E-state index contributed by atoms with van der Waals surface area (Å²) < 4.78 is 1.91. The Labute approximate surface area is 184 Å². The first-order chi connectivity index (χ1) is 15.0. The molecule has 0 spiro atoms. The molecule has 1 aliphatic carbocycles. The summed E-state index contributed by atoms with van der Waals surface area (Å²) >= 11 is 0. The van der Waals surface area contributed by atoms with Gasteiger partial charge >= 0.3 is 0 Å². The van der Waals surface area contributed by atoms with E-state index in [2.05, 4.69) is 15.6 Å². The lowest BCUT2D eigenvalue weighted by Crippen LogP contribution is -2.43.